The molecule has 1 aliphatic carbocycles. The van der Waals surface area contributed by atoms with E-state index in [1.165, 1.54) is 54.9 Å². The first-order valence-corrected chi connectivity index (χ1v) is 23.4. The molecule has 0 aliphatic heterocycles. The second-order valence-electron chi connectivity index (χ2n) is 17.6. The molecule has 0 fully saturated rings. The van der Waals surface area contributed by atoms with E-state index in [1.807, 2.05) is 0 Å². The number of fused-ring (bicyclic) bond motifs is 7. The minimum atomic E-state index is -0.554. The van der Waals surface area contributed by atoms with Gasteiger partial charge in [-0.15, -0.1) is 0 Å². The molecular formula is C65H45N3. The molecule has 0 unspecified atom stereocenters. The van der Waals surface area contributed by atoms with E-state index in [0.717, 1.165) is 50.8 Å². The highest BCUT2D eigenvalue weighted by molar-refractivity contribution is 6.18. The predicted octanol–water partition coefficient (Wildman–Crippen LogP) is 17.2. The fourth-order valence-corrected chi connectivity index (χ4v) is 11.2. The van der Waals surface area contributed by atoms with Crippen LogP contribution in [0.5, 0.6) is 0 Å². The summed E-state index contributed by atoms with van der Waals surface area (Å²) in [6, 6.07) is 100.0. The Morgan fingerprint density at radius 1 is 0.324 bits per heavy atom. The molecule has 1 aromatic heterocycles. The van der Waals surface area contributed by atoms with E-state index in [0.29, 0.717) is 0 Å². The van der Waals surface area contributed by atoms with E-state index >= 15 is 0 Å². The lowest BCUT2D eigenvalue weighted by Crippen LogP contribution is -2.28. The van der Waals surface area contributed by atoms with Crippen LogP contribution in [0.4, 0.5) is 34.1 Å². The molecule has 0 spiro atoms. The molecule has 68 heavy (non-hydrogen) atoms. The van der Waals surface area contributed by atoms with E-state index < -0.39 is 5.41 Å². The van der Waals surface area contributed by atoms with Crippen LogP contribution in [0.15, 0.2) is 273 Å². The van der Waals surface area contributed by atoms with Crippen molar-refractivity contribution in [2.45, 2.75) is 5.41 Å². The molecule has 0 saturated heterocycles. The summed E-state index contributed by atoms with van der Waals surface area (Å²) in [5.74, 6) is 0. The summed E-state index contributed by atoms with van der Waals surface area (Å²) in [7, 11) is 0. The van der Waals surface area contributed by atoms with Crippen LogP contribution in [-0.4, -0.2) is 4.57 Å². The first-order valence-electron chi connectivity index (χ1n) is 23.4. The van der Waals surface area contributed by atoms with Gasteiger partial charge in [-0.25, -0.2) is 0 Å². The zero-order chi connectivity index (χ0) is 45.0. The number of hydrogen-bond donors (Lipinski definition) is 0. The first-order chi connectivity index (χ1) is 33.8. The van der Waals surface area contributed by atoms with E-state index in [2.05, 4.69) is 287 Å². The summed E-state index contributed by atoms with van der Waals surface area (Å²) in [5, 5.41) is 4.78. The summed E-state index contributed by atoms with van der Waals surface area (Å²) in [6.45, 7) is 0. The average molecular weight is 868 g/mol. The van der Waals surface area contributed by atoms with E-state index in [9.17, 15) is 0 Å². The smallest absolute Gasteiger partial charge is 0.0714 e. The summed E-state index contributed by atoms with van der Waals surface area (Å²) in [4.78, 5) is 4.94. The summed E-state index contributed by atoms with van der Waals surface area (Å²) >= 11 is 0. The third-order valence-electron chi connectivity index (χ3n) is 14.0. The maximum atomic E-state index is 2.50. The molecule has 320 valence electrons. The highest BCUT2D eigenvalue weighted by Gasteiger charge is 2.47. The van der Waals surface area contributed by atoms with Crippen LogP contribution < -0.4 is 9.80 Å². The van der Waals surface area contributed by atoms with E-state index in [-0.39, 0.29) is 0 Å². The Kier molecular flexibility index (Phi) is 9.40. The molecule has 0 radical (unpaired) electrons. The van der Waals surface area contributed by atoms with Crippen LogP contribution in [0.1, 0.15) is 22.3 Å². The summed E-state index contributed by atoms with van der Waals surface area (Å²) < 4.78 is 2.47. The Morgan fingerprint density at radius 3 is 1.49 bits per heavy atom. The molecule has 12 aromatic rings. The third-order valence-corrected chi connectivity index (χ3v) is 14.0. The van der Waals surface area contributed by atoms with Crippen molar-refractivity contribution >= 4 is 66.7 Å². The van der Waals surface area contributed by atoms with Crippen molar-refractivity contribution in [3.8, 4) is 16.8 Å². The Labute approximate surface area is 396 Å². The Morgan fingerprint density at radius 2 is 0.838 bits per heavy atom. The molecule has 1 aliphatic rings. The number of benzene rings is 11. The zero-order valence-electron chi connectivity index (χ0n) is 37.3. The van der Waals surface area contributed by atoms with Crippen LogP contribution in [0.3, 0.4) is 0 Å². The number of hydrogen-bond acceptors (Lipinski definition) is 2. The van der Waals surface area contributed by atoms with Crippen LogP contribution in [-0.2, 0) is 5.41 Å². The summed E-state index contributed by atoms with van der Waals surface area (Å²) in [6.07, 6.45) is 0. The van der Waals surface area contributed by atoms with Crippen LogP contribution in [0.2, 0.25) is 0 Å². The molecule has 3 heteroatoms. The van der Waals surface area contributed by atoms with E-state index in [4.69, 9.17) is 0 Å². The minimum Gasteiger partial charge on any atom is -0.310 e. The lowest BCUT2D eigenvalue weighted by Gasteiger charge is -2.34. The van der Waals surface area contributed by atoms with Crippen molar-refractivity contribution in [2.75, 3.05) is 9.80 Å². The topological polar surface area (TPSA) is 11.4 Å². The van der Waals surface area contributed by atoms with Gasteiger partial charge in [0.1, 0.15) is 0 Å². The average Bonchev–Trinajstić information content (AvgIpc) is 3.91. The van der Waals surface area contributed by atoms with Gasteiger partial charge in [0.25, 0.3) is 0 Å². The molecular weight excluding hydrogens is 823 g/mol. The normalized spacial score (nSPS) is 12.5. The predicted molar refractivity (Wildman–Crippen MR) is 285 cm³/mol. The maximum Gasteiger partial charge on any atom is 0.0714 e. The molecule has 0 atom stereocenters. The molecule has 13 rings (SSSR count). The van der Waals surface area contributed by atoms with Gasteiger partial charge in [0.2, 0.25) is 0 Å². The minimum absolute atomic E-state index is 0.554. The maximum absolute atomic E-state index is 2.50. The zero-order valence-corrected chi connectivity index (χ0v) is 37.3. The van der Waals surface area contributed by atoms with Gasteiger partial charge in [-0.05, 0) is 111 Å². The standard InChI is InChI=1S/C65H45N3/c1-6-25-48(26-7-1)65(49-27-8-2-9-28-49)57-37-20-18-35-55(57)63-58(65)38-22-40-60(63)67(52-33-14-5-15-34-52)54-44-61(66(50-29-10-3-11-30-50)51-31-12-4-13-32-51)64-56-36-19-21-39-59(56)68(62(64)45-54)53-42-41-46-23-16-17-24-47(46)43-53/h1-45H. The quantitative estimate of drug-likeness (QED) is 0.143. The highest BCUT2D eigenvalue weighted by Crippen LogP contribution is 2.60. The van der Waals surface area contributed by atoms with Gasteiger partial charge in [0, 0.05) is 39.1 Å². The van der Waals surface area contributed by atoms with Gasteiger partial charge in [-0.3, -0.25) is 0 Å². The molecule has 0 amide bonds. The van der Waals surface area contributed by atoms with Gasteiger partial charge in [0.15, 0.2) is 0 Å². The van der Waals surface area contributed by atoms with Crippen molar-refractivity contribution in [3.63, 3.8) is 0 Å². The van der Waals surface area contributed by atoms with Gasteiger partial charge in [-0.1, -0.05) is 200 Å². The Balaban J connectivity index is 1.17. The van der Waals surface area contributed by atoms with Crippen LogP contribution in [0, 0.1) is 0 Å². The fraction of sp³-hybridized carbons (Fsp3) is 0.0154. The molecule has 3 nitrogen and oxygen atoms in total. The molecule has 1 heterocycles. The van der Waals surface area contributed by atoms with Crippen molar-refractivity contribution in [1.29, 1.82) is 0 Å². The number of anilines is 6. The first kappa shape index (κ1) is 39.4. The van der Waals surface area contributed by atoms with Crippen molar-refractivity contribution in [2.24, 2.45) is 0 Å². The van der Waals surface area contributed by atoms with Gasteiger partial charge in [0.05, 0.1) is 33.5 Å². The fourth-order valence-electron chi connectivity index (χ4n) is 11.2. The van der Waals surface area contributed by atoms with Crippen molar-refractivity contribution in [1.82, 2.24) is 4.57 Å². The summed E-state index contributed by atoms with van der Waals surface area (Å²) in [5.41, 5.74) is 16.8. The van der Waals surface area contributed by atoms with Gasteiger partial charge >= 0.3 is 0 Å². The van der Waals surface area contributed by atoms with Crippen molar-refractivity contribution in [3.05, 3.63) is 295 Å². The Hall–Kier alpha value is -8.92. The molecule has 0 saturated carbocycles. The number of para-hydroxylation sites is 4. The third kappa shape index (κ3) is 6.13. The largest absolute Gasteiger partial charge is 0.310 e. The van der Waals surface area contributed by atoms with Gasteiger partial charge < -0.3 is 14.4 Å². The van der Waals surface area contributed by atoms with Crippen LogP contribution >= 0.6 is 0 Å². The second-order valence-corrected chi connectivity index (χ2v) is 17.6. The molecule has 0 bridgehead atoms. The Bertz CT molecular complexity index is 3710. The number of rotatable bonds is 9. The lowest BCUT2D eigenvalue weighted by atomic mass is 9.68. The molecule has 0 N–H and O–H groups in total. The highest BCUT2D eigenvalue weighted by atomic mass is 15.2. The van der Waals surface area contributed by atoms with E-state index in [1.54, 1.807) is 0 Å². The SMILES string of the molecule is c1ccc(N(c2cc(N(c3ccccc3)c3ccccc3)c3c4ccccc4n(-c4ccc5ccccc5c4)c3c2)c2cccc3c2-c2ccccc2C3(c2ccccc2)c2ccccc2)cc1. The number of aromatic nitrogens is 1. The molecule has 11 aromatic carbocycles. The van der Waals surface area contributed by atoms with Crippen molar-refractivity contribution < 1.29 is 0 Å². The second kappa shape index (κ2) is 16.2. The van der Waals surface area contributed by atoms with Gasteiger partial charge in [-0.2, -0.15) is 0 Å². The number of nitrogens with zero attached hydrogens (tertiary/aromatic N) is 3. The monoisotopic (exact) mass is 867 g/mol. The lowest BCUT2D eigenvalue weighted by molar-refractivity contribution is 0.768. The van der Waals surface area contributed by atoms with Crippen LogP contribution in [0.25, 0.3) is 49.4 Å².